The van der Waals surface area contributed by atoms with Crippen LogP contribution in [0.1, 0.15) is 11.1 Å². The van der Waals surface area contributed by atoms with E-state index in [0.717, 1.165) is 6.08 Å². The lowest BCUT2D eigenvalue weighted by Gasteiger charge is -2.07. The van der Waals surface area contributed by atoms with Gasteiger partial charge < -0.3 is 10.1 Å². The third-order valence-corrected chi connectivity index (χ3v) is 3.49. The molecule has 136 valence electrons. The minimum atomic E-state index is -0.852. The summed E-state index contributed by atoms with van der Waals surface area (Å²) in [6, 6.07) is 12.1. The maximum absolute atomic E-state index is 11.9. The summed E-state index contributed by atoms with van der Waals surface area (Å²) in [7, 11) is 0. The van der Waals surface area contributed by atoms with E-state index >= 15 is 0 Å². The summed E-state index contributed by atoms with van der Waals surface area (Å²) in [6.45, 7) is -0.600. The van der Waals surface area contributed by atoms with E-state index in [9.17, 15) is 19.7 Å². The van der Waals surface area contributed by atoms with Crippen molar-refractivity contribution in [3.8, 4) is 6.07 Å². The minimum absolute atomic E-state index is 0.163. The van der Waals surface area contributed by atoms with E-state index in [1.54, 1.807) is 6.07 Å². The van der Waals surface area contributed by atoms with Gasteiger partial charge in [0.25, 0.3) is 11.6 Å². The van der Waals surface area contributed by atoms with Crippen LogP contribution in [0, 0.1) is 21.4 Å². The smallest absolute Gasteiger partial charge is 0.331 e. The lowest BCUT2D eigenvalue weighted by atomic mass is 10.1. The highest BCUT2D eigenvalue weighted by molar-refractivity contribution is 6.31. The fourth-order valence-electron chi connectivity index (χ4n) is 2.04. The summed E-state index contributed by atoms with van der Waals surface area (Å²) >= 11 is 5.82. The summed E-state index contributed by atoms with van der Waals surface area (Å²) in [6.07, 6.45) is 2.21. The molecule has 2 aromatic rings. The molecule has 0 bridgehead atoms. The molecule has 2 rings (SSSR count). The first-order valence-corrected chi connectivity index (χ1v) is 7.86. The molecule has 0 heterocycles. The fraction of sp³-hybridized carbons (Fsp3) is 0.0556. The predicted octanol–water partition coefficient (Wildman–Crippen LogP) is 3.31. The Morgan fingerprint density at radius 3 is 2.74 bits per heavy atom. The Balaban J connectivity index is 1.94. The van der Waals surface area contributed by atoms with Gasteiger partial charge in [0, 0.05) is 17.2 Å². The molecular formula is C18H12ClN3O5. The number of rotatable bonds is 6. The molecule has 0 aliphatic rings. The molecule has 0 atom stereocenters. The number of esters is 1. The van der Waals surface area contributed by atoms with Gasteiger partial charge in [-0.25, -0.2) is 4.79 Å². The molecule has 0 aliphatic carbocycles. The lowest BCUT2D eigenvalue weighted by Crippen LogP contribution is -2.20. The second-order valence-electron chi connectivity index (χ2n) is 5.11. The topological polar surface area (TPSA) is 122 Å². The fourth-order valence-corrected chi connectivity index (χ4v) is 2.21. The van der Waals surface area contributed by atoms with E-state index in [0.29, 0.717) is 5.02 Å². The zero-order valence-electron chi connectivity index (χ0n) is 13.7. The number of hydrogen-bond acceptors (Lipinski definition) is 6. The highest BCUT2D eigenvalue weighted by atomic mass is 35.5. The van der Waals surface area contributed by atoms with Crippen molar-refractivity contribution in [1.82, 2.24) is 0 Å². The summed E-state index contributed by atoms with van der Waals surface area (Å²) in [5.41, 5.74) is 0.461. The van der Waals surface area contributed by atoms with Gasteiger partial charge in [-0.1, -0.05) is 23.7 Å². The van der Waals surface area contributed by atoms with Crippen LogP contribution in [0.15, 0.2) is 48.5 Å². The summed E-state index contributed by atoms with van der Waals surface area (Å²) < 4.78 is 4.78. The number of ether oxygens (including phenoxy) is 1. The van der Waals surface area contributed by atoms with Gasteiger partial charge >= 0.3 is 5.97 Å². The molecule has 0 fully saturated rings. The van der Waals surface area contributed by atoms with Crippen molar-refractivity contribution in [2.75, 3.05) is 11.9 Å². The summed E-state index contributed by atoms with van der Waals surface area (Å²) in [4.78, 5) is 33.9. The number of nitrogens with zero attached hydrogens (tertiary/aromatic N) is 2. The number of para-hydroxylation sites is 1. The van der Waals surface area contributed by atoms with Crippen LogP contribution < -0.4 is 5.32 Å². The first-order chi connectivity index (χ1) is 12.9. The number of anilines is 1. The minimum Gasteiger partial charge on any atom is -0.452 e. The quantitative estimate of drug-likeness (QED) is 0.352. The summed E-state index contributed by atoms with van der Waals surface area (Å²) in [5.74, 6) is -1.52. The molecule has 0 unspecified atom stereocenters. The van der Waals surface area contributed by atoms with Crippen molar-refractivity contribution < 1.29 is 19.2 Å². The highest BCUT2D eigenvalue weighted by Gasteiger charge is 2.12. The third-order valence-electron chi connectivity index (χ3n) is 3.25. The molecule has 1 amide bonds. The third kappa shape index (κ3) is 5.66. The lowest BCUT2D eigenvalue weighted by molar-refractivity contribution is -0.385. The number of halogens is 1. The van der Waals surface area contributed by atoms with Crippen LogP contribution >= 0.6 is 11.6 Å². The van der Waals surface area contributed by atoms with E-state index in [1.807, 2.05) is 6.07 Å². The Bertz CT molecular complexity index is 966. The Labute approximate surface area is 158 Å². The molecule has 0 radical (unpaired) electrons. The molecule has 27 heavy (non-hydrogen) atoms. The van der Waals surface area contributed by atoms with Crippen LogP contribution in [-0.4, -0.2) is 23.4 Å². The molecular weight excluding hydrogens is 374 g/mol. The number of carbonyl (C=O) groups excluding carboxylic acids is 2. The van der Waals surface area contributed by atoms with Crippen molar-refractivity contribution in [2.45, 2.75) is 0 Å². The average molecular weight is 386 g/mol. The second kappa shape index (κ2) is 9.12. The monoisotopic (exact) mass is 385 g/mol. The van der Waals surface area contributed by atoms with E-state index in [4.69, 9.17) is 21.6 Å². The standard InChI is InChI=1S/C18H12ClN3O5/c19-14-7-5-13(10-20)15(9-14)21-17(23)11-27-18(24)8-6-12-3-1-2-4-16(12)22(25)26/h1-9H,11H2,(H,21,23)/b8-6+. The molecule has 1 N–H and O–H groups in total. The Kier molecular flexibility index (Phi) is 6.63. The van der Waals surface area contributed by atoms with Gasteiger partial charge in [-0.3, -0.25) is 14.9 Å². The SMILES string of the molecule is N#Cc1ccc(Cl)cc1NC(=O)COC(=O)/C=C/c1ccccc1[N+](=O)[O-]. The van der Waals surface area contributed by atoms with Crippen LogP contribution in [0.25, 0.3) is 6.08 Å². The number of amides is 1. The molecule has 8 nitrogen and oxygen atoms in total. The molecule has 9 heteroatoms. The van der Waals surface area contributed by atoms with Crippen LogP contribution in [0.3, 0.4) is 0 Å². The van der Waals surface area contributed by atoms with Crippen molar-refractivity contribution in [3.63, 3.8) is 0 Å². The zero-order valence-corrected chi connectivity index (χ0v) is 14.5. The Morgan fingerprint density at radius 2 is 2.04 bits per heavy atom. The van der Waals surface area contributed by atoms with Gasteiger partial charge in [0.2, 0.25) is 0 Å². The largest absolute Gasteiger partial charge is 0.452 e. The Morgan fingerprint density at radius 1 is 1.30 bits per heavy atom. The van der Waals surface area contributed by atoms with Crippen LogP contribution in [0.5, 0.6) is 0 Å². The first-order valence-electron chi connectivity index (χ1n) is 7.48. The number of benzene rings is 2. The van der Waals surface area contributed by atoms with Crippen molar-refractivity contribution in [2.24, 2.45) is 0 Å². The normalized spacial score (nSPS) is 10.2. The van der Waals surface area contributed by atoms with Gasteiger partial charge in [-0.2, -0.15) is 5.26 Å². The molecule has 0 saturated heterocycles. The first kappa shape index (κ1) is 19.6. The predicted molar refractivity (Wildman–Crippen MR) is 97.9 cm³/mol. The zero-order chi connectivity index (χ0) is 19.8. The molecule has 0 aromatic heterocycles. The van der Waals surface area contributed by atoms with Gasteiger partial charge in [0.05, 0.1) is 21.7 Å². The number of nitrogens with one attached hydrogen (secondary N) is 1. The maximum Gasteiger partial charge on any atom is 0.331 e. The van der Waals surface area contributed by atoms with Crippen molar-refractivity contribution in [3.05, 3.63) is 74.8 Å². The van der Waals surface area contributed by atoms with Crippen molar-refractivity contribution in [1.29, 1.82) is 5.26 Å². The average Bonchev–Trinajstić information content (AvgIpc) is 2.65. The van der Waals surface area contributed by atoms with Crippen LogP contribution in [-0.2, 0) is 14.3 Å². The number of nitriles is 1. The van der Waals surface area contributed by atoms with Gasteiger partial charge in [0.1, 0.15) is 6.07 Å². The van der Waals surface area contributed by atoms with Crippen molar-refractivity contribution >= 4 is 40.9 Å². The van der Waals surface area contributed by atoms with E-state index in [-0.39, 0.29) is 22.5 Å². The highest BCUT2D eigenvalue weighted by Crippen LogP contribution is 2.20. The number of hydrogen-bond donors (Lipinski definition) is 1. The van der Waals surface area contributed by atoms with E-state index in [1.165, 1.54) is 42.5 Å². The Hall–Kier alpha value is -3.70. The van der Waals surface area contributed by atoms with E-state index in [2.05, 4.69) is 5.32 Å². The number of nitro benzene ring substituents is 1. The molecule has 0 spiro atoms. The number of carbonyl (C=O) groups is 2. The molecule has 0 aliphatic heterocycles. The van der Waals surface area contributed by atoms with Crippen LogP contribution in [0.4, 0.5) is 11.4 Å². The summed E-state index contributed by atoms with van der Waals surface area (Å²) in [5, 5.41) is 22.6. The van der Waals surface area contributed by atoms with Crippen LogP contribution in [0.2, 0.25) is 5.02 Å². The van der Waals surface area contributed by atoms with Gasteiger partial charge in [-0.15, -0.1) is 0 Å². The molecule has 2 aromatic carbocycles. The molecule has 0 saturated carbocycles. The van der Waals surface area contributed by atoms with Gasteiger partial charge in [-0.05, 0) is 30.3 Å². The maximum atomic E-state index is 11.9. The second-order valence-corrected chi connectivity index (χ2v) is 5.54. The number of nitro groups is 1. The van der Waals surface area contributed by atoms with Gasteiger partial charge in [0.15, 0.2) is 6.61 Å². The van der Waals surface area contributed by atoms with E-state index < -0.39 is 23.4 Å².